The molecule has 0 amide bonds. The van der Waals surface area contributed by atoms with Crippen molar-refractivity contribution in [3.8, 4) is 0 Å². The van der Waals surface area contributed by atoms with Crippen LogP contribution in [0, 0.1) is 6.92 Å². The average molecular weight is 259 g/mol. The summed E-state index contributed by atoms with van der Waals surface area (Å²) in [5, 5.41) is 11.7. The van der Waals surface area contributed by atoms with Gasteiger partial charge in [-0.2, -0.15) is 0 Å². The lowest BCUT2D eigenvalue weighted by Gasteiger charge is -2.08. The predicted molar refractivity (Wildman–Crippen MR) is 72.7 cm³/mol. The van der Waals surface area contributed by atoms with Crippen LogP contribution in [0.25, 0.3) is 21.8 Å². The maximum Gasteiger partial charge on any atom is 0.0984 e. The Bertz CT molecular complexity index is 755. The molecule has 0 saturated heterocycles. The van der Waals surface area contributed by atoms with Crippen molar-refractivity contribution in [2.75, 3.05) is 0 Å². The number of rotatable bonds is 1. The lowest BCUT2D eigenvalue weighted by Crippen LogP contribution is -1.94. The Kier molecular flexibility index (Phi) is 2.65. The maximum atomic E-state index is 9.21. The minimum Gasteiger partial charge on any atom is -0.390 e. The fourth-order valence-corrected chi connectivity index (χ4v) is 2.45. The minimum atomic E-state index is -0.127. The normalized spacial score (nSPS) is 11.3. The van der Waals surface area contributed by atoms with Gasteiger partial charge in [0.2, 0.25) is 0 Å². The standard InChI is InChI=1S/C14H11ClN2O/c1-8-5-11-12(15)6-9(7-18)17-14(11)13-10(8)3-2-4-16-13/h2-6,18H,7H2,1H3. The van der Waals surface area contributed by atoms with Crippen molar-refractivity contribution in [1.82, 2.24) is 9.97 Å². The SMILES string of the molecule is Cc1cc2c(Cl)cc(CO)nc2c2ncccc12. The smallest absolute Gasteiger partial charge is 0.0984 e. The Morgan fingerprint density at radius 3 is 2.83 bits per heavy atom. The Balaban J connectivity index is 2.56. The number of aliphatic hydroxyl groups is 1. The van der Waals surface area contributed by atoms with Gasteiger partial charge in [0.05, 0.1) is 28.4 Å². The molecule has 0 aliphatic rings. The van der Waals surface area contributed by atoms with E-state index in [4.69, 9.17) is 11.6 Å². The highest BCUT2D eigenvalue weighted by Crippen LogP contribution is 2.30. The van der Waals surface area contributed by atoms with Crippen LogP contribution in [0.2, 0.25) is 5.02 Å². The van der Waals surface area contributed by atoms with Crippen molar-refractivity contribution in [3.63, 3.8) is 0 Å². The van der Waals surface area contributed by atoms with Gasteiger partial charge >= 0.3 is 0 Å². The molecule has 1 aromatic carbocycles. The van der Waals surface area contributed by atoms with E-state index in [1.807, 2.05) is 25.1 Å². The fraction of sp³-hybridized carbons (Fsp3) is 0.143. The third kappa shape index (κ3) is 1.64. The van der Waals surface area contributed by atoms with Crippen LogP contribution < -0.4 is 0 Å². The van der Waals surface area contributed by atoms with Gasteiger partial charge in [0, 0.05) is 17.0 Å². The first-order valence-corrected chi connectivity index (χ1v) is 6.03. The van der Waals surface area contributed by atoms with Gasteiger partial charge in [0.15, 0.2) is 0 Å². The van der Waals surface area contributed by atoms with E-state index in [9.17, 15) is 5.11 Å². The maximum absolute atomic E-state index is 9.21. The lowest BCUT2D eigenvalue weighted by molar-refractivity contribution is 0.277. The van der Waals surface area contributed by atoms with Crippen LogP contribution in [0.1, 0.15) is 11.3 Å². The van der Waals surface area contributed by atoms with Gasteiger partial charge in [-0.05, 0) is 30.7 Å². The van der Waals surface area contributed by atoms with Crippen molar-refractivity contribution in [1.29, 1.82) is 0 Å². The largest absolute Gasteiger partial charge is 0.390 e. The van der Waals surface area contributed by atoms with E-state index in [-0.39, 0.29) is 6.61 Å². The number of fused-ring (bicyclic) bond motifs is 3. The molecule has 3 aromatic rings. The minimum absolute atomic E-state index is 0.127. The molecule has 18 heavy (non-hydrogen) atoms. The van der Waals surface area contributed by atoms with Gasteiger partial charge in [-0.3, -0.25) is 4.98 Å². The van der Waals surface area contributed by atoms with Gasteiger partial charge in [-0.1, -0.05) is 17.7 Å². The first-order chi connectivity index (χ1) is 8.70. The zero-order chi connectivity index (χ0) is 12.7. The molecule has 0 radical (unpaired) electrons. The van der Waals surface area contributed by atoms with Crippen LogP contribution in [0.15, 0.2) is 30.5 Å². The first kappa shape index (κ1) is 11.4. The van der Waals surface area contributed by atoms with Crippen LogP contribution in [0.3, 0.4) is 0 Å². The van der Waals surface area contributed by atoms with E-state index >= 15 is 0 Å². The molecule has 2 aromatic heterocycles. The number of aromatic nitrogens is 2. The highest BCUT2D eigenvalue weighted by atomic mass is 35.5. The number of aliphatic hydroxyl groups excluding tert-OH is 1. The topological polar surface area (TPSA) is 46.0 Å². The summed E-state index contributed by atoms with van der Waals surface area (Å²) in [6.45, 7) is 1.90. The van der Waals surface area contributed by atoms with Gasteiger partial charge in [0.25, 0.3) is 0 Å². The highest BCUT2D eigenvalue weighted by molar-refractivity contribution is 6.36. The zero-order valence-electron chi connectivity index (χ0n) is 9.81. The summed E-state index contributed by atoms with van der Waals surface area (Å²) < 4.78 is 0. The molecule has 0 saturated carbocycles. The molecule has 3 nitrogen and oxygen atoms in total. The summed E-state index contributed by atoms with van der Waals surface area (Å²) >= 11 is 6.23. The molecule has 0 atom stereocenters. The summed E-state index contributed by atoms with van der Waals surface area (Å²) in [7, 11) is 0. The molecule has 0 bridgehead atoms. The number of aryl methyl sites for hydroxylation is 1. The van der Waals surface area contributed by atoms with Crippen molar-refractivity contribution < 1.29 is 5.11 Å². The molecule has 0 spiro atoms. The van der Waals surface area contributed by atoms with Crippen LogP contribution in [-0.4, -0.2) is 15.1 Å². The molecule has 1 N–H and O–H groups in total. The quantitative estimate of drug-likeness (QED) is 0.682. The summed E-state index contributed by atoms with van der Waals surface area (Å²) in [4.78, 5) is 8.81. The van der Waals surface area contributed by atoms with E-state index in [0.717, 1.165) is 27.4 Å². The summed E-state index contributed by atoms with van der Waals surface area (Å²) in [6, 6.07) is 7.62. The number of nitrogens with zero attached hydrogens (tertiary/aromatic N) is 2. The molecule has 0 aliphatic carbocycles. The highest BCUT2D eigenvalue weighted by Gasteiger charge is 2.10. The van der Waals surface area contributed by atoms with E-state index in [2.05, 4.69) is 9.97 Å². The monoisotopic (exact) mass is 258 g/mol. The third-order valence-corrected chi connectivity index (χ3v) is 3.35. The van der Waals surface area contributed by atoms with Gasteiger partial charge < -0.3 is 5.11 Å². The van der Waals surface area contributed by atoms with Gasteiger partial charge in [0.1, 0.15) is 0 Å². The van der Waals surface area contributed by atoms with E-state index < -0.39 is 0 Å². The average Bonchev–Trinajstić information content (AvgIpc) is 2.40. The van der Waals surface area contributed by atoms with Crippen LogP contribution in [-0.2, 0) is 6.61 Å². The molecule has 3 rings (SSSR count). The molecule has 0 aliphatic heterocycles. The van der Waals surface area contributed by atoms with E-state index in [0.29, 0.717) is 10.7 Å². The Hall–Kier alpha value is -1.71. The Morgan fingerprint density at radius 1 is 1.22 bits per heavy atom. The van der Waals surface area contributed by atoms with Crippen LogP contribution >= 0.6 is 11.6 Å². The summed E-state index contributed by atoms with van der Waals surface area (Å²) in [6.07, 6.45) is 1.74. The van der Waals surface area contributed by atoms with Gasteiger partial charge in [-0.15, -0.1) is 0 Å². The van der Waals surface area contributed by atoms with E-state index in [1.165, 1.54) is 0 Å². The summed E-state index contributed by atoms with van der Waals surface area (Å²) in [5.41, 5.74) is 3.24. The second-order valence-corrected chi connectivity index (χ2v) is 4.65. The van der Waals surface area contributed by atoms with Crippen molar-refractivity contribution in [2.24, 2.45) is 0 Å². The van der Waals surface area contributed by atoms with Crippen molar-refractivity contribution in [3.05, 3.63) is 46.7 Å². The molecule has 0 unspecified atom stereocenters. The second kappa shape index (κ2) is 4.19. The predicted octanol–water partition coefficient (Wildman–Crippen LogP) is 3.24. The molecule has 0 fully saturated rings. The zero-order valence-corrected chi connectivity index (χ0v) is 10.6. The Labute approximate surface area is 109 Å². The molecular formula is C14H11ClN2O. The molecule has 2 heterocycles. The lowest BCUT2D eigenvalue weighted by atomic mass is 10.0. The number of benzene rings is 1. The Morgan fingerprint density at radius 2 is 2.06 bits per heavy atom. The number of hydrogen-bond acceptors (Lipinski definition) is 3. The van der Waals surface area contributed by atoms with Crippen LogP contribution in [0.4, 0.5) is 0 Å². The fourth-order valence-electron chi connectivity index (χ4n) is 2.18. The third-order valence-electron chi connectivity index (χ3n) is 3.04. The van der Waals surface area contributed by atoms with Crippen LogP contribution in [0.5, 0.6) is 0 Å². The first-order valence-electron chi connectivity index (χ1n) is 5.65. The van der Waals surface area contributed by atoms with Crippen molar-refractivity contribution in [2.45, 2.75) is 13.5 Å². The number of pyridine rings is 2. The van der Waals surface area contributed by atoms with E-state index in [1.54, 1.807) is 12.3 Å². The number of halogens is 1. The van der Waals surface area contributed by atoms with Gasteiger partial charge in [-0.25, -0.2) is 4.98 Å². The number of hydrogen-bond donors (Lipinski definition) is 1. The second-order valence-electron chi connectivity index (χ2n) is 4.24. The molecule has 90 valence electrons. The molecule has 4 heteroatoms. The summed E-state index contributed by atoms with van der Waals surface area (Å²) in [5.74, 6) is 0. The van der Waals surface area contributed by atoms with Crippen molar-refractivity contribution >= 4 is 33.4 Å². The molecular weight excluding hydrogens is 248 g/mol.